The predicted molar refractivity (Wildman–Crippen MR) is 99.7 cm³/mol. The Balaban J connectivity index is 1.81. The summed E-state index contributed by atoms with van der Waals surface area (Å²) < 4.78 is 6.81. The van der Waals surface area contributed by atoms with E-state index in [0.29, 0.717) is 18.8 Å². The van der Waals surface area contributed by atoms with Gasteiger partial charge >= 0.3 is 0 Å². The number of benzene rings is 1. The lowest BCUT2D eigenvalue weighted by atomic mass is 9.94. The van der Waals surface area contributed by atoms with Gasteiger partial charge in [0.15, 0.2) is 0 Å². The average Bonchev–Trinajstić information content (AvgIpc) is 3.26. The Labute approximate surface area is 157 Å². The maximum atomic E-state index is 12.7. The molecule has 142 valence electrons. The summed E-state index contributed by atoms with van der Waals surface area (Å²) in [5.74, 6) is -0.617. The number of nitrogens with one attached hydrogen (secondary N) is 1. The summed E-state index contributed by atoms with van der Waals surface area (Å²) in [5, 5.41) is 2.91. The molecule has 0 aliphatic carbocycles. The van der Waals surface area contributed by atoms with Crippen molar-refractivity contribution in [3.05, 3.63) is 53.9 Å². The molecule has 2 atom stereocenters. The van der Waals surface area contributed by atoms with Gasteiger partial charge in [-0.3, -0.25) is 14.4 Å². The van der Waals surface area contributed by atoms with Gasteiger partial charge in [-0.15, -0.1) is 0 Å². The van der Waals surface area contributed by atoms with Crippen molar-refractivity contribution in [2.45, 2.75) is 18.9 Å². The van der Waals surface area contributed by atoms with Crippen LogP contribution in [-0.4, -0.2) is 53.3 Å². The summed E-state index contributed by atoms with van der Waals surface area (Å²) in [6.07, 6.45) is 1.73. The van der Waals surface area contributed by atoms with Crippen LogP contribution in [0.4, 0.5) is 0 Å². The van der Waals surface area contributed by atoms with Crippen LogP contribution in [0.3, 0.4) is 0 Å². The molecule has 1 N–H and O–H groups in total. The van der Waals surface area contributed by atoms with Crippen molar-refractivity contribution in [1.29, 1.82) is 0 Å². The van der Waals surface area contributed by atoms with Crippen LogP contribution in [0, 0.1) is 0 Å². The lowest BCUT2D eigenvalue weighted by molar-refractivity contribution is -0.126. The number of aromatic nitrogens is 1. The highest BCUT2D eigenvalue weighted by atomic mass is 16.5. The Bertz CT molecular complexity index is 856. The van der Waals surface area contributed by atoms with E-state index in [1.807, 2.05) is 24.3 Å². The van der Waals surface area contributed by atoms with E-state index in [1.54, 1.807) is 37.1 Å². The van der Waals surface area contributed by atoms with Crippen LogP contribution < -0.4 is 10.1 Å². The number of ether oxygens (including phenoxy) is 1. The predicted octanol–water partition coefficient (Wildman–Crippen LogP) is 1.35. The Morgan fingerprint density at radius 2 is 1.81 bits per heavy atom. The summed E-state index contributed by atoms with van der Waals surface area (Å²) in [6, 6.07) is 10.6. The highest BCUT2D eigenvalue weighted by Crippen LogP contribution is 2.29. The first-order valence-electron chi connectivity index (χ1n) is 8.76. The van der Waals surface area contributed by atoms with Crippen molar-refractivity contribution in [2.75, 3.05) is 20.2 Å². The largest absolute Gasteiger partial charge is 0.497 e. The first-order valence-corrected chi connectivity index (χ1v) is 8.76. The minimum absolute atomic E-state index is 0.0926. The van der Waals surface area contributed by atoms with E-state index in [1.165, 1.54) is 11.8 Å². The van der Waals surface area contributed by atoms with E-state index in [9.17, 15) is 14.4 Å². The van der Waals surface area contributed by atoms with Crippen molar-refractivity contribution in [1.82, 2.24) is 14.8 Å². The smallest absolute Gasteiger partial charge is 0.296 e. The molecule has 0 saturated carbocycles. The second kappa shape index (κ2) is 7.65. The van der Waals surface area contributed by atoms with Crippen molar-refractivity contribution in [3.63, 3.8) is 0 Å². The van der Waals surface area contributed by atoms with Gasteiger partial charge in [0.2, 0.25) is 5.91 Å². The van der Waals surface area contributed by atoms with E-state index in [-0.39, 0.29) is 17.9 Å². The third-order valence-corrected chi connectivity index (χ3v) is 4.91. The topological polar surface area (TPSA) is 80.6 Å². The number of ketones is 1. The van der Waals surface area contributed by atoms with E-state index in [4.69, 9.17) is 4.74 Å². The lowest BCUT2D eigenvalue weighted by Crippen LogP contribution is -2.40. The molecule has 1 fully saturated rings. The zero-order valence-corrected chi connectivity index (χ0v) is 15.6. The molecule has 1 aromatic carbocycles. The Morgan fingerprint density at radius 3 is 2.37 bits per heavy atom. The molecule has 1 aliphatic rings. The number of Topliss-reactive ketones (excluding diaryl/α,β-unsaturated/α-hetero) is 1. The number of likely N-dealkylation sites (tertiary alicyclic amines) is 1. The standard InChI is InChI=1S/C20H23N3O4/c1-13(24)21-17-12-23(20(26)19(25)18-5-4-10-22(18)2)11-16(17)14-6-8-15(27-3)9-7-14/h4-10,16-17H,11-12H2,1-3H3,(H,21,24)/t16-,17+/m1/s1. The van der Waals surface area contributed by atoms with Gasteiger partial charge in [0.25, 0.3) is 11.7 Å². The second-order valence-electron chi connectivity index (χ2n) is 6.73. The molecule has 1 aliphatic heterocycles. The minimum atomic E-state index is -0.553. The zero-order chi connectivity index (χ0) is 19.6. The monoisotopic (exact) mass is 369 g/mol. The average molecular weight is 369 g/mol. The Hall–Kier alpha value is -3.09. The molecule has 0 spiro atoms. The van der Waals surface area contributed by atoms with Crippen molar-refractivity contribution >= 4 is 17.6 Å². The lowest BCUT2D eigenvalue weighted by Gasteiger charge is -2.19. The number of nitrogens with zero attached hydrogens (tertiary/aromatic N) is 2. The van der Waals surface area contributed by atoms with Crippen molar-refractivity contribution < 1.29 is 19.1 Å². The summed E-state index contributed by atoms with van der Waals surface area (Å²) in [5.41, 5.74) is 1.33. The molecule has 3 rings (SSSR count). The fourth-order valence-electron chi connectivity index (χ4n) is 3.52. The van der Waals surface area contributed by atoms with Gasteiger partial charge < -0.3 is 19.5 Å². The van der Waals surface area contributed by atoms with Crippen LogP contribution in [0.5, 0.6) is 5.75 Å². The first-order chi connectivity index (χ1) is 12.9. The molecule has 2 heterocycles. The van der Waals surface area contributed by atoms with E-state index < -0.39 is 11.7 Å². The third kappa shape index (κ3) is 3.86. The van der Waals surface area contributed by atoms with Gasteiger partial charge in [-0.05, 0) is 29.8 Å². The summed E-state index contributed by atoms with van der Waals surface area (Å²) in [7, 11) is 3.32. The number of aryl methyl sites for hydroxylation is 1. The number of hydrogen-bond acceptors (Lipinski definition) is 4. The zero-order valence-electron chi connectivity index (χ0n) is 15.6. The summed E-state index contributed by atoms with van der Waals surface area (Å²) in [6.45, 7) is 2.11. The minimum Gasteiger partial charge on any atom is -0.497 e. The highest BCUT2D eigenvalue weighted by Gasteiger charge is 2.39. The SMILES string of the molecule is COc1ccc([C@H]2CN(C(=O)C(=O)c3cccn3C)C[C@@H]2NC(C)=O)cc1. The van der Waals surface area contributed by atoms with Gasteiger partial charge in [-0.2, -0.15) is 0 Å². The maximum Gasteiger partial charge on any atom is 0.296 e. The van der Waals surface area contributed by atoms with Gasteiger partial charge in [-0.25, -0.2) is 0 Å². The van der Waals surface area contributed by atoms with Crippen molar-refractivity contribution in [2.24, 2.45) is 7.05 Å². The number of hydrogen-bond donors (Lipinski definition) is 1. The molecule has 27 heavy (non-hydrogen) atoms. The molecule has 0 unspecified atom stereocenters. The van der Waals surface area contributed by atoms with E-state index in [0.717, 1.165) is 11.3 Å². The molecular weight excluding hydrogens is 346 g/mol. The van der Waals surface area contributed by atoms with Crippen LogP contribution in [0.2, 0.25) is 0 Å². The third-order valence-electron chi connectivity index (χ3n) is 4.91. The van der Waals surface area contributed by atoms with Crippen LogP contribution >= 0.6 is 0 Å². The van der Waals surface area contributed by atoms with Gasteiger partial charge in [0.05, 0.1) is 18.8 Å². The molecular formula is C20H23N3O4. The quantitative estimate of drug-likeness (QED) is 0.637. The van der Waals surface area contributed by atoms with E-state index >= 15 is 0 Å². The second-order valence-corrected chi connectivity index (χ2v) is 6.73. The fourth-order valence-corrected chi connectivity index (χ4v) is 3.52. The molecule has 1 aromatic heterocycles. The van der Waals surface area contributed by atoms with Crippen LogP contribution in [0.25, 0.3) is 0 Å². The fraction of sp³-hybridized carbons (Fsp3) is 0.350. The molecule has 7 nitrogen and oxygen atoms in total. The number of amides is 2. The summed E-state index contributed by atoms with van der Waals surface area (Å²) in [4.78, 5) is 38.4. The van der Waals surface area contributed by atoms with Gasteiger partial charge in [0.1, 0.15) is 5.75 Å². The van der Waals surface area contributed by atoms with Gasteiger partial charge in [0, 0.05) is 39.2 Å². The molecule has 7 heteroatoms. The first kappa shape index (κ1) is 18.7. The molecule has 1 saturated heterocycles. The van der Waals surface area contributed by atoms with Crippen LogP contribution in [0.15, 0.2) is 42.6 Å². The molecule has 2 aromatic rings. The normalized spacial score (nSPS) is 19.0. The van der Waals surface area contributed by atoms with Crippen LogP contribution in [-0.2, 0) is 16.6 Å². The highest BCUT2D eigenvalue weighted by molar-refractivity contribution is 6.42. The van der Waals surface area contributed by atoms with Gasteiger partial charge in [-0.1, -0.05) is 12.1 Å². The molecule has 2 amide bonds. The number of carbonyl (C=O) groups is 3. The van der Waals surface area contributed by atoms with Crippen molar-refractivity contribution in [3.8, 4) is 5.75 Å². The number of rotatable bonds is 5. The Morgan fingerprint density at radius 1 is 1.11 bits per heavy atom. The molecule has 0 radical (unpaired) electrons. The summed E-state index contributed by atoms with van der Waals surface area (Å²) >= 11 is 0. The van der Waals surface area contributed by atoms with E-state index in [2.05, 4.69) is 5.32 Å². The number of methoxy groups -OCH3 is 1. The molecule has 0 bridgehead atoms. The number of carbonyl (C=O) groups excluding carboxylic acids is 3. The Kier molecular flexibility index (Phi) is 5.30. The maximum absolute atomic E-state index is 12.7. The van der Waals surface area contributed by atoms with Crippen LogP contribution in [0.1, 0.15) is 28.9 Å².